The maximum absolute atomic E-state index is 2.44. The summed E-state index contributed by atoms with van der Waals surface area (Å²) in [6.07, 6.45) is 0. The molecule has 1 heterocycles. The number of nitrogens with zero attached hydrogens (tertiary/aromatic N) is 1. The van der Waals surface area contributed by atoms with Crippen LogP contribution < -0.4 is 0 Å². The van der Waals surface area contributed by atoms with Crippen molar-refractivity contribution in [1.29, 1.82) is 0 Å². The van der Waals surface area contributed by atoms with Crippen molar-refractivity contribution in [3.8, 4) is 44.5 Å². The van der Waals surface area contributed by atoms with Gasteiger partial charge >= 0.3 is 0 Å². The van der Waals surface area contributed by atoms with Gasteiger partial charge in [-0.2, -0.15) is 0 Å². The Labute approximate surface area is 313 Å². The predicted octanol–water partition coefficient (Wildman–Crippen LogP) is 14.7. The van der Waals surface area contributed by atoms with Crippen LogP contribution in [0.4, 0.5) is 0 Å². The summed E-state index contributed by atoms with van der Waals surface area (Å²) in [5.74, 6) is 0. The van der Waals surface area contributed by atoms with Crippen molar-refractivity contribution in [2.24, 2.45) is 0 Å². The van der Waals surface area contributed by atoms with Crippen LogP contribution in [-0.2, 0) is 12.0 Å². The van der Waals surface area contributed by atoms with Crippen LogP contribution in [0.15, 0.2) is 152 Å². The number of rotatable bonds is 5. The molecule has 9 rings (SSSR count). The molecule has 0 aliphatic heterocycles. The highest BCUT2D eigenvalue weighted by Crippen LogP contribution is 2.45. The number of hydrogen-bond acceptors (Lipinski definition) is 0. The summed E-state index contributed by atoms with van der Waals surface area (Å²) in [6.45, 7) is 14.5. The lowest BCUT2D eigenvalue weighted by molar-refractivity contribution is 0.591. The Bertz CT molecular complexity index is 2830. The van der Waals surface area contributed by atoms with Gasteiger partial charge in [0.05, 0.1) is 0 Å². The van der Waals surface area contributed by atoms with Crippen LogP contribution in [0.25, 0.3) is 87.9 Å². The number of aromatic nitrogens is 1. The second-order valence-corrected chi connectivity index (χ2v) is 15.8. The topological polar surface area (TPSA) is 4.93 Å². The molecule has 0 aliphatic carbocycles. The van der Waals surface area contributed by atoms with Crippen LogP contribution >= 0.6 is 0 Å². The van der Waals surface area contributed by atoms with Gasteiger partial charge in [-0.05, 0) is 122 Å². The number of fused-ring (bicyclic) bond motifs is 5. The fourth-order valence-electron chi connectivity index (χ4n) is 8.46. The first kappa shape index (κ1) is 33.0. The third kappa shape index (κ3) is 5.63. The van der Waals surface area contributed by atoms with Gasteiger partial charge in [0.2, 0.25) is 0 Å². The normalized spacial score (nSPS) is 12.0. The molecular weight excluding hydrogens is 639 g/mol. The molecule has 0 radical (unpaired) electrons. The zero-order chi connectivity index (χ0) is 36.4. The highest BCUT2D eigenvalue weighted by atomic mass is 15.0. The first-order valence-electron chi connectivity index (χ1n) is 19.0. The summed E-state index contributed by atoms with van der Waals surface area (Å²) >= 11 is 0. The van der Waals surface area contributed by atoms with Crippen molar-refractivity contribution >= 4 is 43.4 Å². The monoisotopic (exact) mass is 683 g/mol. The maximum atomic E-state index is 2.44. The molecule has 0 spiro atoms. The molecule has 53 heavy (non-hydrogen) atoms. The number of hydrogen-bond donors (Lipinski definition) is 0. The SMILES string of the molecule is CCn1c2ccc(-c3ccc(-c4ccc(-c5c6ccc(C)cc6c(-c6ccccc6)c6ccc(C)cc56)cc4)cc3)cc2c2cc(C(C)(C)C)ccc21. The van der Waals surface area contributed by atoms with Crippen molar-refractivity contribution in [1.82, 2.24) is 4.57 Å². The van der Waals surface area contributed by atoms with Crippen LogP contribution in [0, 0.1) is 13.8 Å². The van der Waals surface area contributed by atoms with Gasteiger partial charge < -0.3 is 4.57 Å². The second-order valence-electron chi connectivity index (χ2n) is 15.8. The Kier molecular flexibility index (Phi) is 7.86. The van der Waals surface area contributed by atoms with E-state index in [9.17, 15) is 0 Å². The lowest BCUT2D eigenvalue weighted by atomic mass is 9.84. The van der Waals surface area contributed by atoms with Gasteiger partial charge in [-0.25, -0.2) is 0 Å². The zero-order valence-corrected chi connectivity index (χ0v) is 31.6. The van der Waals surface area contributed by atoms with E-state index in [0.29, 0.717) is 0 Å². The number of aryl methyl sites for hydroxylation is 3. The van der Waals surface area contributed by atoms with Crippen molar-refractivity contribution < 1.29 is 0 Å². The summed E-state index contributed by atoms with van der Waals surface area (Å²) in [5.41, 5.74) is 16.7. The molecule has 0 N–H and O–H groups in total. The minimum atomic E-state index is 0.104. The Morgan fingerprint density at radius 3 is 1.38 bits per heavy atom. The Hall–Kier alpha value is -5.92. The van der Waals surface area contributed by atoms with Crippen LogP contribution in [0.1, 0.15) is 44.4 Å². The highest BCUT2D eigenvalue weighted by molar-refractivity contribution is 6.21. The van der Waals surface area contributed by atoms with E-state index in [4.69, 9.17) is 0 Å². The molecule has 0 aliphatic rings. The van der Waals surface area contributed by atoms with Gasteiger partial charge in [-0.3, -0.25) is 0 Å². The second kappa shape index (κ2) is 12.6. The fraction of sp³-hybridized carbons (Fsp3) is 0.154. The van der Waals surface area contributed by atoms with Gasteiger partial charge in [0.25, 0.3) is 0 Å². The quantitative estimate of drug-likeness (QED) is 0.159. The molecule has 1 aromatic heterocycles. The summed E-state index contributed by atoms with van der Waals surface area (Å²) < 4.78 is 2.44. The Balaban J connectivity index is 1.10. The van der Waals surface area contributed by atoms with E-state index in [2.05, 4.69) is 198 Å². The Morgan fingerprint density at radius 1 is 0.396 bits per heavy atom. The molecule has 258 valence electrons. The molecular formula is C52H45N. The minimum absolute atomic E-state index is 0.104. The predicted molar refractivity (Wildman–Crippen MR) is 230 cm³/mol. The van der Waals surface area contributed by atoms with E-state index in [0.717, 1.165) is 6.54 Å². The molecule has 0 saturated carbocycles. The van der Waals surface area contributed by atoms with E-state index < -0.39 is 0 Å². The standard InChI is InChI=1S/C52H45N/c1-7-53-48-27-23-40(31-44(48)45-32-41(52(4,5)6)24-28-49(45)53)37-17-15-35(16-18-37)36-19-21-39(22-20-36)51-43-26-14-33(2)29-46(43)50(38-11-9-8-10-12-38)42-25-13-34(3)30-47(42)51/h8-32H,7H2,1-6H3. The lowest BCUT2D eigenvalue weighted by Crippen LogP contribution is -2.10. The van der Waals surface area contributed by atoms with E-state index in [-0.39, 0.29) is 5.41 Å². The molecule has 0 unspecified atom stereocenters. The van der Waals surface area contributed by atoms with Gasteiger partial charge in [0.1, 0.15) is 0 Å². The molecule has 9 aromatic rings. The summed E-state index contributed by atoms with van der Waals surface area (Å²) in [5, 5.41) is 7.85. The fourth-order valence-corrected chi connectivity index (χ4v) is 8.46. The summed E-state index contributed by atoms with van der Waals surface area (Å²) in [7, 11) is 0. The first-order chi connectivity index (χ1) is 25.7. The molecule has 8 aromatic carbocycles. The highest BCUT2D eigenvalue weighted by Gasteiger charge is 2.19. The third-order valence-corrected chi connectivity index (χ3v) is 11.3. The molecule has 0 fully saturated rings. The third-order valence-electron chi connectivity index (χ3n) is 11.3. The molecule has 1 nitrogen and oxygen atoms in total. The molecule has 0 amide bonds. The van der Waals surface area contributed by atoms with E-state index >= 15 is 0 Å². The smallest absolute Gasteiger partial charge is 0.0491 e. The summed E-state index contributed by atoms with van der Waals surface area (Å²) in [6, 6.07) is 57.0. The maximum Gasteiger partial charge on any atom is 0.0491 e. The lowest BCUT2D eigenvalue weighted by Gasteiger charge is -2.19. The average molecular weight is 684 g/mol. The van der Waals surface area contributed by atoms with Crippen LogP contribution in [0.3, 0.4) is 0 Å². The van der Waals surface area contributed by atoms with Gasteiger partial charge in [0.15, 0.2) is 0 Å². The van der Waals surface area contributed by atoms with E-state index in [1.165, 1.54) is 105 Å². The van der Waals surface area contributed by atoms with Crippen molar-refractivity contribution in [2.45, 2.75) is 53.5 Å². The van der Waals surface area contributed by atoms with Gasteiger partial charge in [-0.15, -0.1) is 0 Å². The van der Waals surface area contributed by atoms with Crippen LogP contribution in [0.2, 0.25) is 0 Å². The van der Waals surface area contributed by atoms with Crippen molar-refractivity contribution in [3.63, 3.8) is 0 Å². The molecule has 1 heteroatoms. The molecule has 0 atom stereocenters. The minimum Gasteiger partial charge on any atom is -0.341 e. The van der Waals surface area contributed by atoms with Crippen molar-refractivity contribution in [2.75, 3.05) is 0 Å². The van der Waals surface area contributed by atoms with E-state index in [1.54, 1.807) is 0 Å². The van der Waals surface area contributed by atoms with Crippen LogP contribution in [0.5, 0.6) is 0 Å². The largest absolute Gasteiger partial charge is 0.341 e. The molecule has 0 bridgehead atoms. The number of benzene rings is 8. The first-order valence-corrected chi connectivity index (χ1v) is 19.0. The summed E-state index contributed by atoms with van der Waals surface area (Å²) in [4.78, 5) is 0. The van der Waals surface area contributed by atoms with Crippen LogP contribution in [-0.4, -0.2) is 4.57 Å². The van der Waals surface area contributed by atoms with Crippen molar-refractivity contribution in [3.05, 3.63) is 168 Å². The average Bonchev–Trinajstić information content (AvgIpc) is 3.49. The van der Waals surface area contributed by atoms with Gasteiger partial charge in [0, 0.05) is 28.4 Å². The zero-order valence-electron chi connectivity index (χ0n) is 31.6. The Morgan fingerprint density at radius 2 is 0.849 bits per heavy atom. The molecule has 0 saturated heterocycles. The van der Waals surface area contributed by atoms with Gasteiger partial charge in [-0.1, -0.05) is 159 Å². The van der Waals surface area contributed by atoms with E-state index in [1.807, 2.05) is 0 Å².